The van der Waals surface area contributed by atoms with Gasteiger partial charge in [0.2, 0.25) is 0 Å². The highest BCUT2D eigenvalue weighted by atomic mass is 35.5. The Morgan fingerprint density at radius 3 is 2.05 bits per heavy atom. The van der Waals surface area contributed by atoms with Crippen molar-refractivity contribution in [2.24, 2.45) is 0 Å². The zero-order valence-electron chi connectivity index (χ0n) is 11.2. The van der Waals surface area contributed by atoms with Gasteiger partial charge in [0, 0.05) is 16.0 Å². The van der Waals surface area contributed by atoms with Gasteiger partial charge in [-0.2, -0.15) is 13.2 Å². The quantitative estimate of drug-likeness (QED) is 0.649. The molecule has 0 N–H and O–H groups in total. The first-order chi connectivity index (χ1) is 9.09. The normalized spacial score (nSPS) is 12.8. The first-order valence-corrected chi connectivity index (χ1v) is 7.13. The maximum absolute atomic E-state index is 13.2. The van der Waals surface area contributed by atoms with Crippen LogP contribution in [0.5, 0.6) is 0 Å². The molecule has 0 fully saturated rings. The zero-order chi connectivity index (χ0) is 15.1. The molecule has 2 rings (SSSR count). The lowest BCUT2D eigenvalue weighted by molar-refractivity contribution is -0.134. The maximum atomic E-state index is 13.2. The number of hydrogen-bond donors (Lipinski definition) is 0. The van der Waals surface area contributed by atoms with E-state index in [1.165, 1.54) is 0 Å². The van der Waals surface area contributed by atoms with Gasteiger partial charge in [-0.3, -0.25) is 0 Å². The Kier molecular flexibility index (Phi) is 3.86. The maximum Gasteiger partial charge on any atom is 0.427 e. The van der Waals surface area contributed by atoms with Gasteiger partial charge in [-0.15, -0.1) is 11.3 Å². The van der Waals surface area contributed by atoms with Gasteiger partial charge in [0.05, 0.1) is 10.7 Å². The van der Waals surface area contributed by atoms with E-state index < -0.39 is 16.5 Å². The van der Waals surface area contributed by atoms with Gasteiger partial charge >= 0.3 is 6.18 Å². The molecule has 20 heavy (non-hydrogen) atoms. The molecule has 0 bridgehead atoms. The van der Waals surface area contributed by atoms with Crippen LogP contribution >= 0.6 is 22.9 Å². The second-order valence-electron chi connectivity index (χ2n) is 5.45. The minimum atomic E-state index is -4.41. The Labute approximate surface area is 124 Å². The molecule has 0 aliphatic heterocycles. The number of hydrogen-bond acceptors (Lipinski definition) is 2. The Balaban J connectivity index is 2.62. The molecular formula is C14H13ClF3NS. The van der Waals surface area contributed by atoms with Crippen LogP contribution in [-0.2, 0) is 11.6 Å². The first kappa shape index (κ1) is 15.3. The Hall–Kier alpha value is -1.07. The fourth-order valence-electron chi connectivity index (χ4n) is 1.64. The molecule has 0 atom stereocenters. The van der Waals surface area contributed by atoms with E-state index in [-0.39, 0.29) is 5.69 Å². The highest BCUT2D eigenvalue weighted by Crippen LogP contribution is 2.43. The highest BCUT2D eigenvalue weighted by Gasteiger charge is 2.38. The van der Waals surface area contributed by atoms with Crippen LogP contribution in [0.1, 0.15) is 30.7 Å². The molecule has 0 unspecified atom stereocenters. The van der Waals surface area contributed by atoms with Crippen LogP contribution in [0.25, 0.3) is 11.3 Å². The number of rotatable bonds is 1. The average molecular weight is 320 g/mol. The van der Waals surface area contributed by atoms with Crippen molar-refractivity contribution in [1.82, 2.24) is 4.98 Å². The number of thiazole rings is 1. The van der Waals surface area contributed by atoms with E-state index in [0.717, 1.165) is 0 Å². The lowest BCUT2D eigenvalue weighted by atomic mass is 9.98. The summed E-state index contributed by atoms with van der Waals surface area (Å²) in [7, 11) is 0. The second kappa shape index (κ2) is 5.04. The summed E-state index contributed by atoms with van der Waals surface area (Å²) in [6.07, 6.45) is -4.41. The summed E-state index contributed by atoms with van der Waals surface area (Å²) in [5.74, 6) is 0. The predicted octanol–water partition coefficient (Wildman–Crippen LogP) is 5.78. The Bertz CT molecular complexity index is 609. The molecule has 1 aromatic heterocycles. The van der Waals surface area contributed by atoms with Gasteiger partial charge in [0.15, 0.2) is 0 Å². The van der Waals surface area contributed by atoms with Gasteiger partial charge < -0.3 is 0 Å². The molecule has 0 spiro atoms. The van der Waals surface area contributed by atoms with E-state index in [9.17, 15) is 13.2 Å². The standard InChI is InChI=1S/C14H13ClF3NS/c1-13(2,3)12-19-10(11(20-12)14(16,17)18)8-4-6-9(15)7-5-8/h4-7H,1-3H3. The monoisotopic (exact) mass is 319 g/mol. The van der Waals surface area contributed by atoms with E-state index in [0.29, 0.717) is 26.9 Å². The van der Waals surface area contributed by atoms with Crippen LogP contribution in [0.2, 0.25) is 5.02 Å². The summed E-state index contributed by atoms with van der Waals surface area (Å²) in [6.45, 7) is 5.53. The van der Waals surface area contributed by atoms with Gasteiger partial charge in [0.25, 0.3) is 0 Å². The summed E-state index contributed by atoms with van der Waals surface area (Å²) in [5, 5.41) is 0.948. The van der Waals surface area contributed by atoms with Crippen LogP contribution in [0.3, 0.4) is 0 Å². The molecule has 6 heteroatoms. The molecular weight excluding hydrogens is 307 g/mol. The van der Waals surface area contributed by atoms with Crippen LogP contribution in [-0.4, -0.2) is 4.98 Å². The van der Waals surface area contributed by atoms with E-state index in [1.807, 2.05) is 20.8 Å². The van der Waals surface area contributed by atoms with Crippen molar-refractivity contribution in [3.63, 3.8) is 0 Å². The summed E-state index contributed by atoms with van der Waals surface area (Å²) in [6, 6.07) is 6.23. The SMILES string of the molecule is CC(C)(C)c1nc(-c2ccc(Cl)cc2)c(C(F)(F)F)s1. The number of halogens is 4. The van der Waals surface area contributed by atoms with Crippen molar-refractivity contribution in [3.05, 3.63) is 39.2 Å². The molecule has 0 amide bonds. The van der Waals surface area contributed by atoms with Crippen LogP contribution in [0.15, 0.2) is 24.3 Å². The average Bonchev–Trinajstić information content (AvgIpc) is 2.74. The van der Waals surface area contributed by atoms with Crippen molar-refractivity contribution in [3.8, 4) is 11.3 Å². The largest absolute Gasteiger partial charge is 0.427 e. The lowest BCUT2D eigenvalue weighted by Gasteiger charge is -2.13. The Morgan fingerprint density at radius 1 is 1.05 bits per heavy atom. The van der Waals surface area contributed by atoms with Crippen LogP contribution in [0.4, 0.5) is 13.2 Å². The molecule has 1 heterocycles. The third kappa shape index (κ3) is 3.15. The van der Waals surface area contributed by atoms with Crippen molar-refractivity contribution >= 4 is 22.9 Å². The van der Waals surface area contributed by atoms with Crippen LogP contribution < -0.4 is 0 Å². The van der Waals surface area contributed by atoms with Gasteiger partial charge in [-0.1, -0.05) is 44.5 Å². The van der Waals surface area contributed by atoms with E-state index in [4.69, 9.17) is 11.6 Å². The number of alkyl halides is 3. The fraction of sp³-hybridized carbons (Fsp3) is 0.357. The molecule has 0 aliphatic rings. The van der Waals surface area contributed by atoms with Crippen LogP contribution in [0, 0.1) is 0 Å². The predicted molar refractivity (Wildman–Crippen MR) is 76.3 cm³/mol. The molecule has 108 valence electrons. The molecule has 0 aliphatic carbocycles. The summed E-state index contributed by atoms with van der Waals surface area (Å²) in [5.41, 5.74) is -0.0208. The smallest absolute Gasteiger partial charge is 0.240 e. The summed E-state index contributed by atoms with van der Waals surface area (Å²) >= 11 is 6.47. The van der Waals surface area contributed by atoms with E-state index in [1.54, 1.807) is 24.3 Å². The number of benzene rings is 1. The summed E-state index contributed by atoms with van der Waals surface area (Å²) in [4.78, 5) is 3.54. The van der Waals surface area contributed by atoms with Gasteiger partial charge in [-0.25, -0.2) is 4.98 Å². The lowest BCUT2D eigenvalue weighted by Crippen LogP contribution is -2.10. The fourth-order valence-corrected chi connectivity index (χ4v) is 2.77. The third-order valence-corrected chi connectivity index (χ3v) is 4.42. The highest BCUT2D eigenvalue weighted by molar-refractivity contribution is 7.12. The second-order valence-corrected chi connectivity index (χ2v) is 6.89. The topological polar surface area (TPSA) is 12.9 Å². The van der Waals surface area contributed by atoms with E-state index >= 15 is 0 Å². The molecule has 1 aromatic carbocycles. The first-order valence-electron chi connectivity index (χ1n) is 5.93. The number of nitrogens with zero attached hydrogens (tertiary/aromatic N) is 1. The van der Waals surface area contributed by atoms with Crippen molar-refractivity contribution in [2.75, 3.05) is 0 Å². The minimum Gasteiger partial charge on any atom is -0.240 e. The Morgan fingerprint density at radius 2 is 1.60 bits per heavy atom. The molecule has 0 radical (unpaired) electrons. The van der Waals surface area contributed by atoms with Crippen molar-refractivity contribution in [1.29, 1.82) is 0 Å². The third-order valence-electron chi connectivity index (χ3n) is 2.64. The van der Waals surface area contributed by atoms with Gasteiger partial charge in [0.1, 0.15) is 4.88 Å². The molecule has 0 saturated heterocycles. The zero-order valence-corrected chi connectivity index (χ0v) is 12.7. The molecule has 2 aromatic rings. The molecule has 0 saturated carbocycles. The van der Waals surface area contributed by atoms with Gasteiger partial charge in [-0.05, 0) is 12.1 Å². The van der Waals surface area contributed by atoms with Crippen molar-refractivity contribution in [2.45, 2.75) is 32.4 Å². The van der Waals surface area contributed by atoms with Crippen molar-refractivity contribution < 1.29 is 13.2 Å². The molecule has 1 nitrogen and oxygen atoms in total. The van der Waals surface area contributed by atoms with E-state index in [2.05, 4.69) is 4.98 Å². The number of aromatic nitrogens is 1. The summed E-state index contributed by atoms with van der Waals surface area (Å²) < 4.78 is 39.5. The minimum absolute atomic E-state index is 0.0240.